The van der Waals surface area contributed by atoms with E-state index >= 15 is 0 Å². The number of rotatable bonds is 1. The fraction of sp³-hybridized carbons (Fsp3) is 0.667. The van der Waals surface area contributed by atoms with Crippen LogP contribution in [0.3, 0.4) is 0 Å². The van der Waals surface area contributed by atoms with Gasteiger partial charge in [0.05, 0.1) is 11.2 Å². The van der Waals surface area contributed by atoms with Gasteiger partial charge in [0.2, 0.25) is 0 Å². The molecule has 1 aromatic heterocycles. The molecule has 66 valence electrons. The highest BCUT2D eigenvalue weighted by atomic mass is 15.3. The molecule has 12 heavy (non-hydrogen) atoms. The standard InChI is InChI=1S/C9H15N3/c1-8(2)6-9(8,10)7-4-5-12(3)11-7/h4-5H,6,10H2,1-3H3. The summed E-state index contributed by atoms with van der Waals surface area (Å²) in [7, 11) is 1.92. The molecule has 0 saturated heterocycles. The summed E-state index contributed by atoms with van der Waals surface area (Å²) in [5.41, 5.74) is 7.26. The van der Waals surface area contributed by atoms with Crippen LogP contribution in [0, 0.1) is 5.41 Å². The van der Waals surface area contributed by atoms with Crippen molar-refractivity contribution in [1.82, 2.24) is 9.78 Å². The average molecular weight is 165 g/mol. The Balaban J connectivity index is 2.34. The third kappa shape index (κ3) is 0.829. The lowest BCUT2D eigenvalue weighted by Crippen LogP contribution is -2.26. The van der Waals surface area contributed by atoms with Gasteiger partial charge in [-0.2, -0.15) is 5.10 Å². The van der Waals surface area contributed by atoms with Gasteiger partial charge in [-0.1, -0.05) is 13.8 Å². The van der Waals surface area contributed by atoms with Crippen LogP contribution in [-0.2, 0) is 12.6 Å². The van der Waals surface area contributed by atoms with E-state index in [1.54, 1.807) is 4.68 Å². The zero-order valence-electron chi connectivity index (χ0n) is 7.83. The Morgan fingerprint density at radius 3 is 2.50 bits per heavy atom. The maximum atomic E-state index is 6.18. The minimum Gasteiger partial charge on any atom is -0.320 e. The van der Waals surface area contributed by atoms with E-state index < -0.39 is 0 Å². The van der Waals surface area contributed by atoms with E-state index in [2.05, 4.69) is 18.9 Å². The summed E-state index contributed by atoms with van der Waals surface area (Å²) in [5.74, 6) is 0. The van der Waals surface area contributed by atoms with E-state index in [1.807, 2.05) is 19.3 Å². The molecule has 0 aromatic carbocycles. The first-order valence-corrected chi connectivity index (χ1v) is 4.25. The molecule has 0 spiro atoms. The molecule has 3 heteroatoms. The van der Waals surface area contributed by atoms with Crippen molar-refractivity contribution in [2.75, 3.05) is 0 Å². The number of nitrogens with zero attached hydrogens (tertiary/aromatic N) is 2. The van der Waals surface area contributed by atoms with E-state index in [0.29, 0.717) is 0 Å². The smallest absolute Gasteiger partial charge is 0.0828 e. The molecular weight excluding hydrogens is 150 g/mol. The molecule has 2 rings (SSSR count). The first kappa shape index (κ1) is 7.80. The first-order chi connectivity index (χ1) is 5.46. The fourth-order valence-electron chi connectivity index (χ4n) is 1.74. The Bertz CT molecular complexity index is 313. The summed E-state index contributed by atoms with van der Waals surface area (Å²) in [6, 6.07) is 2.01. The third-order valence-electron chi connectivity index (χ3n) is 2.97. The molecule has 0 radical (unpaired) electrons. The number of nitrogens with two attached hydrogens (primary N) is 1. The molecule has 2 N–H and O–H groups in total. The Kier molecular flexibility index (Phi) is 1.24. The largest absolute Gasteiger partial charge is 0.320 e. The summed E-state index contributed by atoms with van der Waals surface area (Å²) >= 11 is 0. The Labute approximate surface area is 72.6 Å². The molecule has 1 aliphatic carbocycles. The van der Waals surface area contributed by atoms with Gasteiger partial charge in [0.15, 0.2) is 0 Å². The number of aryl methyl sites for hydroxylation is 1. The molecule has 1 unspecified atom stereocenters. The summed E-state index contributed by atoms with van der Waals surface area (Å²) in [6.45, 7) is 4.36. The monoisotopic (exact) mass is 165 g/mol. The zero-order chi connectivity index (χ0) is 8.98. The fourth-order valence-corrected chi connectivity index (χ4v) is 1.74. The predicted octanol–water partition coefficient (Wildman–Crippen LogP) is 1.00. The van der Waals surface area contributed by atoms with Crippen LogP contribution in [0.5, 0.6) is 0 Å². The number of aromatic nitrogens is 2. The summed E-state index contributed by atoms with van der Waals surface area (Å²) in [6.07, 6.45) is 2.98. The van der Waals surface area contributed by atoms with Crippen molar-refractivity contribution in [3.63, 3.8) is 0 Å². The first-order valence-electron chi connectivity index (χ1n) is 4.25. The van der Waals surface area contributed by atoms with Gasteiger partial charge in [-0.15, -0.1) is 0 Å². The molecule has 0 amide bonds. The van der Waals surface area contributed by atoms with Gasteiger partial charge < -0.3 is 5.73 Å². The predicted molar refractivity (Wildman–Crippen MR) is 47.5 cm³/mol. The average Bonchev–Trinajstić information content (AvgIpc) is 2.37. The molecule has 1 saturated carbocycles. The van der Waals surface area contributed by atoms with E-state index in [4.69, 9.17) is 5.73 Å². The highest BCUT2D eigenvalue weighted by Gasteiger charge is 2.60. The van der Waals surface area contributed by atoms with Gasteiger partial charge in [0, 0.05) is 13.2 Å². The second-order valence-electron chi connectivity index (χ2n) is 4.41. The third-order valence-corrected chi connectivity index (χ3v) is 2.97. The van der Waals surface area contributed by atoms with Crippen LogP contribution in [0.1, 0.15) is 26.0 Å². The van der Waals surface area contributed by atoms with Crippen LogP contribution in [-0.4, -0.2) is 9.78 Å². The van der Waals surface area contributed by atoms with Crippen molar-refractivity contribution in [2.45, 2.75) is 25.8 Å². The lowest BCUT2D eigenvalue weighted by Gasteiger charge is -2.11. The second kappa shape index (κ2) is 1.91. The van der Waals surface area contributed by atoms with Gasteiger partial charge in [-0.3, -0.25) is 4.68 Å². The normalized spacial score (nSPS) is 32.0. The van der Waals surface area contributed by atoms with E-state index in [-0.39, 0.29) is 11.0 Å². The van der Waals surface area contributed by atoms with Crippen LogP contribution in [0.2, 0.25) is 0 Å². The molecule has 1 heterocycles. The van der Waals surface area contributed by atoms with Gasteiger partial charge in [0.1, 0.15) is 0 Å². The van der Waals surface area contributed by atoms with E-state index in [1.165, 1.54) is 0 Å². The summed E-state index contributed by atoms with van der Waals surface area (Å²) < 4.78 is 1.80. The SMILES string of the molecule is Cn1ccc(C2(N)CC2(C)C)n1. The maximum Gasteiger partial charge on any atom is 0.0828 e. The van der Waals surface area contributed by atoms with Gasteiger partial charge >= 0.3 is 0 Å². The Morgan fingerprint density at radius 2 is 2.17 bits per heavy atom. The lowest BCUT2D eigenvalue weighted by atomic mass is 10.0. The van der Waals surface area contributed by atoms with Crippen LogP contribution in [0.25, 0.3) is 0 Å². The number of hydrogen-bond donors (Lipinski definition) is 1. The zero-order valence-corrected chi connectivity index (χ0v) is 7.83. The minimum atomic E-state index is -0.172. The van der Waals surface area contributed by atoms with Crippen LogP contribution in [0.15, 0.2) is 12.3 Å². The Morgan fingerprint density at radius 1 is 1.58 bits per heavy atom. The highest BCUT2D eigenvalue weighted by molar-refractivity contribution is 5.28. The summed E-state index contributed by atoms with van der Waals surface area (Å²) in [4.78, 5) is 0. The Hall–Kier alpha value is -0.830. The number of hydrogen-bond acceptors (Lipinski definition) is 2. The molecule has 1 fully saturated rings. The molecule has 0 bridgehead atoms. The highest BCUT2D eigenvalue weighted by Crippen LogP contribution is 2.59. The molecule has 1 aliphatic rings. The van der Waals surface area contributed by atoms with Crippen LogP contribution >= 0.6 is 0 Å². The van der Waals surface area contributed by atoms with Crippen molar-refractivity contribution in [2.24, 2.45) is 18.2 Å². The quantitative estimate of drug-likeness (QED) is 0.674. The molecule has 1 atom stereocenters. The van der Waals surface area contributed by atoms with Crippen molar-refractivity contribution >= 4 is 0 Å². The van der Waals surface area contributed by atoms with E-state index in [0.717, 1.165) is 12.1 Å². The van der Waals surface area contributed by atoms with E-state index in [9.17, 15) is 0 Å². The van der Waals surface area contributed by atoms with Crippen molar-refractivity contribution in [3.05, 3.63) is 18.0 Å². The summed E-state index contributed by atoms with van der Waals surface area (Å²) in [5, 5.41) is 4.33. The molecule has 3 nitrogen and oxygen atoms in total. The van der Waals surface area contributed by atoms with Crippen molar-refractivity contribution in [3.8, 4) is 0 Å². The van der Waals surface area contributed by atoms with Crippen LogP contribution < -0.4 is 5.73 Å². The van der Waals surface area contributed by atoms with Crippen molar-refractivity contribution < 1.29 is 0 Å². The second-order valence-corrected chi connectivity index (χ2v) is 4.41. The van der Waals surface area contributed by atoms with Crippen LogP contribution in [0.4, 0.5) is 0 Å². The van der Waals surface area contributed by atoms with Gasteiger partial charge in [-0.25, -0.2) is 0 Å². The topological polar surface area (TPSA) is 43.8 Å². The maximum absolute atomic E-state index is 6.18. The minimum absolute atomic E-state index is 0.172. The van der Waals surface area contributed by atoms with Gasteiger partial charge in [-0.05, 0) is 17.9 Å². The molecule has 1 aromatic rings. The molecule has 0 aliphatic heterocycles. The molecular formula is C9H15N3. The van der Waals surface area contributed by atoms with Crippen molar-refractivity contribution in [1.29, 1.82) is 0 Å². The lowest BCUT2D eigenvalue weighted by molar-refractivity contribution is 0.494. The van der Waals surface area contributed by atoms with Gasteiger partial charge in [0.25, 0.3) is 0 Å².